The van der Waals surface area contributed by atoms with Gasteiger partial charge in [0, 0.05) is 14.0 Å². The molecule has 0 aliphatic carbocycles. The van der Waals surface area contributed by atoms with E-state index >= 15 is 0 Å². The SMILES string of the molecule is COCC(NC(=O)c1cnc(C)s1)C(=O)NCC(=O)NC(Cc1ccccc1)C(=O)C(C)(O)COS(=O)(=O)CC(C)(F)F. The topological polar surface area (TPSA) is 190 Å². The van der Waals surface area contributed by atoms with Crippen LogP contribution in [0, 0.1) is 6.92 Å². The Morgan fingerprint density at radius 3 is 2.30 bits per heavy atom. The molecule has 1 aromatic carbocycles. The Morgan fingerprint density at radius 1 is 1.09 bits per heavy atom. The van der Waals surface area contributed by atoms with Gasteiger partial charge in [0.05, 0.1) is 30.4 Å². The minimum absolute atomic E-state index is 0.147. The Morgan fingerprint density at radius 2 is 1.74 bits per heavy atom. The van der Waals surface area contributed by atoms with Crippen molar-refractivity contribution < 1.29 is 50.4 Å². The van der Waals surface area contributed by atoms with Crippen molar-refractivity contribution in [1.29, 1.82) is 0 Å². The van der Waals surface area contributed by atoms with E-state index in [2.05, 4.69) is 25.1 Å². The number of benzene rings is 1. The van der Waals surface area contributed by atoms with E-state index in [0.29, 0.717) is 17.5 Å². The standard InChI is InChI=1S/C26H34F2N4O9S2/c1-16-29-11-20(42-16)24(36)32-19(13-40-4)23(35)30-12-21(33)31-18(10-17-8-6-5-7-9-17)22(34)25(2,37)14-41-43(38,39)15-26(3,27)28/h5-9,11,18-19,37H,10,12-15H2,1-4H3,(H,30,35)(H,31,33)(H,32,36). The molecule has 2 rings (SSSR count). The fraction of sp³-hybridized carbons (Fsp3) is 0.500. The van der Waals surface area contributed by atoms with Crippen LogP contribution in [0.15, 0.2) is 36.5 Å². The van der Waals surface area contributed by atoms with Gasteiger partial charge in [-0.15, -0.1) is 11.3 Å². The van der Waals surface area contributed by atoms with Crippen molar-refractivity contribution >= 4 is 45.0 Å². The highest BCUT2D eigenvalue weighted by atomic mass is 32.2. The van der Waals surface area contributed by atoms with Crippen LogP contribution in [0.4, 0.5) is 8.78 Å². The number of ether oxygens (including phenoxy) is 1. The number of nitrogens with one attached hydrogen (secondary N) is 3. The number of ketones is 1. The molecule has 0 spiro atoms. The van der Waals surface area contributed by atoms with Crippen LogP contribution in [0.25, 0.3) is 0 Å². The van der Waals surface area contributed by atoms with Crippen LogP contribution in [0.2, 0.25) is 0 Å². The smallest absolute Gasteiger partial charge is 0.273 e. The largest absolute Gasteiger partial charge is 0.382 e. The van der Waals surface area contributed by atoms with Gasteiger partial charge in [-0.3, -0.25) is 23.4 Å². The number of aromatic nitrogens is 1. The number of thiazole rings is 1. The first-order valence-corrected chi connectivity index (χ1v) is 15.2. The first-order chi connectivity index (χ1) is 19.9. The number of Topliss-reactive ketones (excluding diaryl/α,β-unsaturated/α-hetero) is 1. The van der Waals surface area contributed by atoms with Crippen molar-refractivity contribution in [2.24, 2.45) is 0 Å². The van der Waals surface area contributed by atoms with E-state index in [1.807, 2.05) is 0 Å². The van der Waals surface area contributed by atoms with Crippen LogP contribution in [0.1, 0.15) is 34.1 Å². The minimum Gasteiger partial charge on any atom is -0.382 e. The molecular formula is C26H34F2N4O9S2. The molecule has 17 heteroatoms. The van der Waals surface area contributed by atoms with Crippen LogP contribution in [-0.4, -0.2) is 98.2 Å². The molecule has 1 heterocycles. The van der Waals surface area contributed by atoms with Gasteiger partial charge in [0.2, 0.25) is 11.8 Å². The molecular weight excluding hydrogens is 614 g/mol. The summed E-state index contributed by atoms with van der Waals surface area (Å²) in [5, 5.41) is 18.6. The molecule has 43 heavy (non-hydrogen) atoms. The molecule has 0 bridgehead atoms. The number of hydrogen-bond acceptors (Lipinski definition) is 11. The lowest BCUT2D eigenvalue weighted by Gasteiger charge is -2.28. The number of aliphatic hydroxyl groups is 1. The second-order valence-corrected chi connectivity index (χ2v) is 12.8. The molecule has 4 N–H and O–H groups in total. The van der Waals surface area contributed by atoms with Crippen molar-refractivity contribution in [2.75, 3.05) is 32.6 Å². The minimum atomic E-state index is -4.81. The molecule has 0 saturated carbocycles. The van der Waals surface area contributed by atoms with Crippen molar-refractivity contribution in [3.05, 3.63) is 52.0 Å². The average Bonchev–Trinajstić information content (AvgIpc) is 3.35. The van der Waals surface area contributed by atoms with Crippen LogP contribution >= 0.6 is 11.3 Å². The Hall–Kier alpha value is -3.38. The number of carbonyl (C=O) groups is 4. The summed E-state index contributed by atoms with van der Waals surface area (Å²) in [7, 11) is -3.50. The number of hydrogen-bond donors (Lipinski definition) is 4. The van der Waals surface area contributed by atoms with Gasteiger partial charge in [-0.05, 0) is 25.8 Å². The highest BCUT2D eigenvalue weighted by Gasteiger charge is 2.40. The second-order valence-electron chi connectivity index (χ2n) is 9.93. The maximum absolute atomic E-state index is 13.3. The van der Waals surface area contributed by atoms with E-state index in [4.69, 9.17) is 4.74 Å². The van der Waals surface area contributed by atoms with Gasteiger partial charge in [0.1, 0.15) is 28.9 Å². The number of rotatable bonds is 17. The maximum atomic E-state index is 13.3. The number of amides is 3. The predicted molar refractivity (Wildman–Crippen MR) is 151 cm³/mol. The zero-order valence-corrected chi connectivity index (χ0v) is 25.5. The van der Waals surface area contributed by atoms with Crippen LogP contribution in [0.3, 0.4) is 0 Å². The van der Waals surface area contributed by atoms with Gasteiger partial charge in [0.25, 0.3) is 21.9 Å². The molecule has 0 radical (unpaired) electrons. The van der Waals surface area contributed by atoms with E-state index in [0.717, 1.165) is 18.3 Å². The molecule has 3 unspecified atom stereocenters. The van der Waals surface area contributed by atoms with E-state index in [1.165, 1.54) is 13.3 Å². The molecule has 13 nitrogen and oxygen atoms in total. The van der Waals surface area contributed by atoms with E-state index in [-0.39, 0.29) is 17.9 Å². The first-order valence-electron chi connectivity index (χ1n) is 12.8. The summed E-state index contributed by atoms with van der Waals surface area (Å²) in [6.07, 6.45) is 1.20. The Bertz CT molecular complexity index is 1380. The summed E-state index contributed by atoms with van der Waals surface area (Å²) in [6.45, 7) is 0.947. The summed E-state index contributed by atoms with van der Waals surface area (Å²) in [5.74, 6) is -8.56. The predicted octanol–water partition coefficient (Wildman–Crippen LogP) is 0.362. The number of methoxy groups -OCH3 is 1. The van der Waals surface area contributed by atoms with Gasteiger partial charge in [-0.25, -0.2) is 13.8 Å². The number of halogens is 2. The molecule has 238 valence electrons. The zero-order valence-electron chi connectivity index (χ0n) is 23.9. The fourth-order valence-electron chi connectivity index (χ4n) is 3.64. The Balaban J connectivity index is 2.10. The number of alkyl halides is 2. The lowest BCUT2D eigenvalue weighted by molar-refractivity contribution is -0.142. The van der Waals surface area contributed by atoms with Gasteiger partial charge in [-0.2, -0.15) is 8.42 Å². The first kappa shape index (κ1) is 35.8. The summed E-state index contributed by atoms with van der Waals surface area (Å²) >= 11 is 1.12. The van der Waals surface area contributed by atoms with Crippen LogP contribution in [0.5, 0.6) is 0 Å². The Labute approximate surface area is 251 Å². The molecule has 2 aromatic rings. The second kappa shape index (κ2) is 15.4. The van der Waals surface area contributed by atoms with Gasteiger partial charge < -0.3 is 25.8 Å². The highest BCUT2D eigenvalue weighted by molar-refractivity contribution is 7.86. The molecule has 0 fully saturated rings. The van der Waals surface area contributed by atoms with Crippen molar-refractivity contribution in [2.45, 2.75) is 50.8 Å². The average molecular weight is 649 g/mol. The molecule has 0 aliphatic rings. The van der Waals surface area contributed by atoms with E-state index in [1.54, 1.807) is 37.3 Å². The molecule has 3 atom stereocenters. The summed E-state index contributed by atoms with van der Waals surface area (Å²) in [5.41, 5.74) is -1.96. The van der Waals surface area contributed by atoms with Crippen molar-refractivity contribution in [3.8, 4) is 0 Å². The van der Waals surface area contributed by atoms with Gasteiger partial charge >= 0.3 is 0 Å². The zero-order chi connectivity index (χ0) is 32.4. The molecule has 3 amide bonds. The molecule has 0 saturated heterocycles. The third kappa shape index (κ3) is 12.4. The summed E-state index contributed by atoms with van der Waals surface area (Å²) in [6, 6.07) is 5.68. The maximum Gasteiger partial charge on any atom is 0.273 e. The van der Waals surface area contributed by atoms with Crippen molar-refractivity contribution in [3.63, 3.8) is 0 Å². The lowest BCUT2D eigenvalue weighted by atomic mass is 9.91. The fourth-order valence-corrected chi connectivity index (χ4v) is 5.44. The monoisotopic (exact) mass is 648 g/mol. The molecule has 0 aliphatic heterocycles. The van der Waals surface area contributed by atoms with Crippen LogP contribution < -0.4 is 16.0 Å². The van der Waals surface area contributed by atoms with Gasteiger partial charge in [-0.1, -0.05) is 30.3 Å². The highest BCUT2D eigenvalue weighted by Crippen LogP contribution is 2.19. The van der Waals surface area contributed by atoms with Crippen molar-refractivity contribution in [1.82, 2.24) is 20.9 Å². The summed E-state index contributed by atoms with van der Waals surface area (Å²) in [4.78, 5) is 55.5. The third-order valence-corrected chi connectivity index (χ3v) is 7.89. The van der Waals surface area contributed by atoms with E-state index < -0.39 is 76.1 Å². The number of aryl methyl sites for hydroxylation is 1. The number of carbonyl (C=O) groups excluding carboxylic acids is 4. The Kier molecular flexibility index (Phi) is 12.8. The third-order valence-electron chi connectivity index (χ3n) is 5.64. The van der Waals surface area contributed by atoms with Crippen LogP contribution in [-0.2, 0) is 39.8 Å². The van der Waals surface area contributed by atoms with Gasteiger partial charge in [0.15, 0.2) is 5.78 Å². The normalized spacial score (nSPS) is 14.7. The lowest BCUT2D eigenvalue weighted by Crippen LogP contribution is -2.56. The van der Waals surface area contributed by atoms with E-state index in [9.17, 15) is 41.5 Å². The number of nitrogens with zero attached hydrogens (tertiary/aromatic N) is 1. The quantitative estimate of drug-likeness (QED) is 0.174. The summed E-state index contributed by atoms with van der Waals surface area (Å²) < 4.78 is 59.6. The molecule has 1 aromatic heterocycles.